The Kier molecular flexibility index (Phi) is 4.88. The smallest absolute Gasteiger partial charge is 0.348 e. The van der Waals surface area contributed by atoms with Gasteiger partial charge in [0.2, 0.25) is 11.8 Å². The van der Waals surface area contributed by atoms with Gasteiger partial charge in [-0.2, -0.15) is 0 Å². The monoisotopic (exact) mass is 356 g/mol. The predicted molar refractivity (Wildman–Crippen MR) is 92.6 cm³/mol. The lowest BCUT2D eigenvalue weighted by Gasteiger charge is -2.29. The van der Waals surface area contributed by atoms with Crippen LogP contribution in [0, 0.1) is 0 Å². The van der Waals surface area contributed by atoms with Crippen molar-refractivity contribution < 1.29 is 23.5 Å². The topological polar surface area (TPSA) is 91.5 Å². The average Bonchev–Trinajstić information content (AvgIpc) is 3.05. The van der Waals surface area contributed by atoms with Crippen LogP contribution in [0.4, 0.5) is 0 Å². The van der Waals surface area contributed by atoms with E-state index in [0.29, 0.717) is 17.3 Å². The number of aryl methyl sites for hydroxylation is 1. The van der Waals surface area contributed by atoms with Crippen molar-refractivity contribution in [3.8, 4) is 11.5 Å². The Bertz CT molecular complexity index is 827. The van der Waals surface area contributed by atoms with Crippen molar-refractivity contribution in [3.63, 3.8) is 0 Å². The molecule has 0 N–H and O–H groups in total. The second kappa shape index (κ2) is 7.11. The van der Waals surface area contributed by atoms with Crippen LogP contribution in [0.3, 0.4) is 0 Å². The summed E-state index contributed by atoms with van der Waals surface area (Å²) in [5, 5.41) is 8.07. The summed E-state index contributed by atoms with van der Waals surface area (Å²) < 4.78 is 15.8. The van der Waals surface area contributed by atoms with E-state index < -0.39 is 17.7 Å². The van der Waals surface area contributed by atoms with Crippen LogP contribution in [0.15, 0.2) is 34.3 Å². The maximum atomic E-state index is 12.0. The number of unbranched alkanes of at least 4 members (excludes halogenated alkanes) is 1. The molecule has 3 rings (SSSR count). The van der Waals surface area contributed by atoms with Crippen molar-refractivity contribution in [2.24, 2.45) is 0 Å². The normalized spacial score (nSPS) is 16.2. The second-order valence-electron chi connectivity index (χ2n) is 6.46. The fourth-order valence-corrected chi connectivity index (χ4v) is 2.47. The molecule has 0 radical (unpaired) electrons. The fourth-order valence-electron chi connectivity index (χ4n) is 2.47. The highest BCUT2D eigenvalue weighted by Crippen LogP contribution is 2.25. The molecule has 1 aliphatic rings. The van der Waals surface area contributed by atoms with Gasteiger partial charge in [0.05, 0.1) is 0 Å². The summed E-state index contributed by atoms with van der Waals surface area (Å²) in [5.41, 5.74) is 1.28. The number of carbonyl (C=O) groups is 2. The maximum absolute atomic E-state index is 12.0. The molecule has 136 valence electrons. The first kappa shape index (κ1) is 17.8. The van der Waals surface area contributed by atoms with Crippen LogP contribution in [-0.2, 0) is 25.5 Å². The average molecular weight is 356 g/mol. The SMILES string of the molecule is CCCCc1nnc(-c2ccc(C=C3C(=O)OC(C)(C)OC3=O)cc2)o1. The van der Waals surface area contributed by atoms with Gasteiger partial charge in [-0.25, -0.2) is 9.59 Å². The van der Waals surface area contributed by atoms with E-state index >= 15 is 0 Å². The van der Waals surface area contributed by atoms with Gasteiger partial charge in [-0.3, -0.25) is 0 Å². The van der Waals surface area contributed by atoms with E-state index in [-0.39, 0.29) is 5.57 Å². The van der Waals surface area contributed by atoms with Crippen molar-refractivity contribution in [2.75, 3.05) is 0 Å². The lowest BCUT2D eigenvalue weighted by molar-refractivity contribution is -0.222. The molecule has 1 fully saturated rings. The molecule has 0 atom stereocenters. The molecule has 7 nitrogen and oxygen atoms in total. The highest BCUT2D eigenvalue weighted by atomic mass is 16.7. The molecule has 1 aromatic carbocycles. The van der Waals surface area contributed by atoms with E-state index in [1.54, 1.807) is 24.3 Å². The van der Waals surface area contributed by atoms with E-state index in [9.17, 15) is 9.59 Å². The molecule has 2 heterocycles. The number of ether oxygens (including phenoxy) is 2. The number of benzene rings is 1. The third kappa shape index (κ3) is 3.99. The van der Waals surface area contributed by atoms with E-state index in [4.69, 9.17) is 13.9 Å². The Balaban J connectivity index is 1.76. The number of aromatic nitrogens is 2. The number of carbonyl (C=O) groups excluding carboxylic acids is 2. The zero-order chi connectivity index (χ0) is 18.7. The second-order valence-corrected chi connectivity index (χ2v) is 6.46. The fraction of sp³-hybridized carbons (Fsp3) is 0.368. The van der Waals surface area contributed by atoms with E-state index in [0.717, 1.165) is 24.8 Å². The van der Waals surface area contributed by atoms with Gasteiger partial charge >= 0.3 is 11.9 Å². The third-order valence-corrected chi connectivity index (χ3v) is 3.80. The standard InChI is InChI=1S/C19H20N2O5/c1-4-5-6-15-20-21-16(24-15)13-9-7-12(8-10-13)11-14-17(22)25-19(2,3)26-18(14)23/h7-11H,4-6H2,1-3H3. The van der Waals surface area contributed by atoms with Crippen LogP contribution in [0.25, 0.3) is 17.5 Å². The van der Waals surface area contributed by atoms with Gasteiger partial charge in [0.15, 0.2) is 0 Å². The highest BCUT2D eigenvalue weighted by Gasteiger charge is 2.38. The molecule has 1 saturated heterocycles. The first-order valence-corrected chi connectivity index (χ1v) is 8.49. The summed E-state index contributed by atoms with van der Waals surface area (Å²) in [6, 6.07) is 7.07. The predicted octanol–water partition coefficient (Wildman–Crippen LogP) is 3.30. The van der Waals surface area contributed by atoms with Gasteiger partial charge in [-0.05, 0) is 30.2 Å². The summed E-state index contributed by atoms with van der Waals surface area (Å²) in [6.45, 7) is 5.12. The van der Waals surface area contributed by atoms with Gasteiger partial charge in [-0.15, -0.1) is 10.2 Å². The third-order valence-electron chi connectivity index (χ3n) is 3.80. The van der Waals surface area contributed by atoms with Crippen molar-refractivity contribution in [1.82, 2.24) is 10.2 Å². The molecule has 0 saturated carbocycles. The molecule has 0 unspecified atom stereocenters. The van der Waals surface area contributed by atoms with Crippen molar-refractivity contribution in [1.29, 1.82) is 0 Å². The van der Waals surface area contributed by atoms with Crippen LogP contribution in [0.2, 0.25) is 0 Å². The Morgan fingerprint density at radius 2 is 1.69 bits per heavy atom. The first-order valence-electron chi connectivity index (χ1n) is 8.49. The molecular weight excluding hydrogens is 336 g/mol. The molecule has 2 aromatic rings. The number of cyclic esters (lactones) is 2. The van der Waals surface area contributed by atoms with E-state index in [1.165, 1.54) is 19.9 Å². The first-order chi connectivity index (χ1) is 12.4. The lowest BCUT2D eigenvalue weighted by atomic mass is 10.1. The zero-order valence-electron chi connectivity index (χ0n) is 14.9. The Morgan fingerprint density at radius 3 is 2.31 bits per heavy atom. The van der Waals surface area contributed by atoms with Crippen LogP contribution in [0.5, 0.6) is 0 Å². The summed E-state index contributed by atoms with van der Waals surface area (Å²) >= 11 is 0. The molecule has 0 aliphatic carbocycles. The van der Waals surface area contributed by atoms with Gasteiger partial charge in [0.25, 0.3) is 5.79 Å². The van der Waals surface area contributed by atoms with E-state index in [1.807, 2.05) is 0 Å². The molecule has 0 spiro atoms. The van der Waals surface area contributed by atoms with Crippen LogP contribution >= 0.6 is 0 Å². The number of nitrogens with zero attached hydrogens (tertiary/aromatic N) is 2. The van der Waals surface area contributed by atoms with Gasteiger partial charge < -0.3 is 13.9 Å². The molecule has 1 aromatic heterocycles. The minimum atomic E-state index is -1.25. The summed E-state index contributed by atoms with van der Waals surface area (Å²) in [5.74, 6) is -1.60. The summed E-state index contributed by atoms with van der Waals surface area (Å²) in [7, 11) is 0. The number of rotatable bonds is 5. The molecule has 0 bridgehead atoms. The van der Waals surface area contributed by atoms with Crippen molar-refractivity contribution in [2.45, 2.75) is 45.8 Å². The molecular formula is C19H20N2O5. The molecule has 26 heavy (non-hydrogen) atoms. The highest BCUT2D eigenvalue weighted by molar-refractivity contribution is 6.18. The van der Waals surface area contributed by atoms with Crippen molar-refractivity contribution in [3.05, 3.63) is 41.3 Å². The van der Waals surface area contributed by atoms with Crippen LogP contribution in [0.1, 0.15) is 45.1 Å². The number of esters is 2. The Hall–Kier alpha value is -2.96. The summed E-state index contributed by atoms with van der Waals surface area (Å²) in [4.78, 5) is 24.0. The lowest BCUT2D eigenvalue weighted by Crippen LogP contribution is -2.41. The number of hydrogen-bond donors (Lipinski definition) is 0. The summed E-state index contributed by atoms with van der Waals surface area (Å²) in [6.07, 6.45) is 4.25. The molecule has 0 amide bonds. The number of hydrogen-bond acceptors (Lipinski definition) is 7. The van der Waals surface area contributed by atoms with E-state index in [2.05, 4.69) is 17.1 Å². The van der Waals surface area contributed by atoms with Gasteiger partial charge in [-0.1, -0.05) is 25.5 Å². The molecule has 1 aliphatic heterocycles. The van der Waals surface area contributed by atoms with Gasteiger partial charge in [0, 0.05) is 25.8 Å². The van der Waals surface area contributed by atoms with Gasteiger partial charge in [0.1, 0.15) is 5.57 Å². The minimum absolute atomic E-state index is 0.142. The van der Waals surface area contributed by atoms with Crippen LogP contribution < -0.4 is 0 Å². The Morgan fingerprint density at radius 1 is 1.04 bits per heavy atom. The quantitative estimate of drug-likeness (QED) is 0.461. The van der Waals surface area contributed by atoms with Crippen molar-refractivity contribution >= 4 is 18.0 Å². The Labute approximate surface area is 151 Å². The maximum Gasteiger partial charge on any atom is 0.348 e. The van der Waals surface area contributed by atoms with Crippen LogP contribution in [-0.4, -0.2) is 27.9 Å². The molecule has 7 heteroatoms. The zero-order valence-corrected chi connectivity index (χ0v) is 14.9. The minimum Gasteiger partial charge on any atom is -0.421 e. The largest absolute Gasteiger partial charge is 0.421 e.